The highest BCUT2D eigenvalue weighted by Crippen LogP contribution is 2.31. The second-order valence-corrected chi connectivity index (χ2v) is 8.39. The standard InChI is InChI=1S/C23H27ClN4O3S/c1-3-30-20-6-4-5-7-21(20)31-17-10-12-27(13-11-17)15-28-23(32)25-22(26-28)18-14-16(24)8-9-19(18)29-2/h4-9,14,17H,3,10-13,15H2,1-2H3,(H,25,26,32). The summed E-state index contributed by atoms with van der Waals surface area (Å²) in [6.45, 7) is 5.03. The largest absolute Gasteiger partial charge is 0.496 e. The SMILES string of the molecule is CCOc1ccccc1OC1CCN(Cn2[nH]c(-c3cc(Cl)ccc3OC)nc2=S)CC1. The Balaban J connectivity index is 1.38. The number of ether oxygens (including phenoxy) is 3. The van der Waals surface area contributed by atoms with Crippen molar-refractivity contribution >= 4 is 23.8 Å². The lowest BCUT2D eigenvalue weighted by Gasteiger charge is -2.32. The topological polar surface area (TPSA) is 64.5 Å². The molecule has 32 heavy (non-hydrogen) atoms. The molecule has 0 spiro atoms. The first-order valence-corrected chi connectivity index (χ1v) is 11.5. The molecule has 1 aromatic heterocycles. The minimum absolute atomic E-state index is 0.161. The van der Waals surface area contributed by atoms with Gasteiger partial charge in [-0.3, -0.25) is 10.00 Å². The van der Waals surface area contributed by atoms with Crippen molar-refractivity contribution in [3.63, 3.8) is 0 Å². The molecular weight excluding hydrogens is 448 g/mol. The highest BCUT2D eigenvalue weighted by atomic mass is 35.5. The lowest BCUT2D eigenvalue weighted by molar-refractivity contribution is 0.0779. The number of aromatic amines is 1. The van der Waals surface area contributed by atoms with Gasteiger partial charge in [-0.2, -0.15) is 4.98 Å². The van der Waals surface area contributed by atoms with Gasteiger partial charge in [-0.15, -0.1) is 0 Å². The predicted octanol–water partition coefficient (Wildman–Crippen LogP) is 5.17. The Labute approximate surface area is 197 Å². The molecule has 2 aromatic carbocycles. The van der Waals surface area contributed by atoms with Gasteiger partial charge in [0.15, 0.2) is 17.3 Å². The molecule has 0 amide bonds. The van der Waals surface area contributed by atoms with Gasteiger partial charge in [0.1, 0.15) is 11.9 Å². The number of piperidine rings is 1. The van der Waals surface area contributed by atoms with Crippen LogP contribution in [0.15, 0.2) is 42.5 Å². The van der Waals surface area contributed by atoms with E-state index in [1.54, 1.807) is 13.2 Å². The van der Waals surface area contributed by atoms with Gasteiger partial charge in [-0.05, 0) is 62.3 Å². The first-order valence-electron chi connectivity index (χ1n) is 10.7. The van der Waals surface area contributed by atoms with Crippen LogP contribution < -0.4 is 14.2 Å². The third-order valence-corrected chi connectivity index (χ3v) is 5.96. The Morgan fingerprint density at radius 2 is 1.88 bits per heavy atom. The average Bonchev–Trinajstić information content (AvgIpc) is 3.16. The molecule has 0 unspecified atom stereocenters. The number of hydrogen-bond donors (Lipinski definition) is 1. The molecule has 0 saturated carbocycles. The normalized spacial score (nSPS) is 15.0. The molecule has 0 atom stereocenters. The number of likely N-dealkylation sites (tertiary alicyclic amines) is 1. The van der Waals surface area contributed by atoms with E-state index in [1.165, 1.54) is 0 Å². The van der Waals surface area contributed by atoms with Gasteiger partial charge < -0.3 is 14.2 Å². The third kappa shape index (κ3) is 5.26. The predicted molar refractivity (Wildman–Crippen MR) is 127 cm³/mol. The molecule has 1 aliphatic rings. The fourth-order valence-electron chi connectivity index (χ4n) is 3.81. The number of halogens is 1. The van der Waals surface area contributed by atoms with Gasteiger partial charge in [0.2, 0.25) is 4.77 Å². The van der Waals surface area contributed by atoms with Crippen molar-refractivity contribution in [1.82, 2.24) is 19.7 Å². The van der Waals surface area contributed by atoms with Crippen molar-refractivity contribution < 1.29 is 14.2 Å². The maximum atomic E-state index is 6.23. The van der Waals surface area contributed by atoms with Crippen LogP contribution in [0.1, 0.15) is 19.8 Å². The van der Waals surface area contributed by atoms with Crippen molar-refractivity contribution in [2.75, 3.05) is 26.8 Å². The second-order valence-electron chi connectivity index (χ2n) is 7.58. The number of nitrogens with zero attached hydrogens (tertiary/aromatic N) is 3. The number of para-hydroxylation sites is 2. The Bertz CT molecular complexity index is 1110. The first kappa shape index (κ1) is 22.6. The summed E-state index contributed by atoms with van der Waals surface area (Å²) in [7, 11) is 1.62. The molecule has 9 heteroatoms. The van der Waals surface area contributed by atoms with Gasteiger partial charge >= 0.3 is 0 Å². The lowest BCUT2D eigenvalue weighted by atomic mass is 10.1. The summed E-state index contributed by atoms with van der Waals surface area (Å²) in [6.07, 6.45) is 2.02. The van der Waals surface area contributed by atoms with Crippen LogP contribution in [-0.2, 0) is 6.67 Å². The van der Waals surface area contributed by atoms with Crippen LogP contribution in [-0.4, -0.2) is 52.6 Å². The quantitative estimate of drug-likeness (QED) is 0.454. The Hall–Kier alpha value is -2.55. The van der Waals surface area contributed by atoms with Crippen LogP contribution in [0, 0.1) is 4.77 Å². The van der Waals surface area contributed by atoms with E-state index in [0.29, 0.717) is 34.6 Å². The van der Waals surface area contributed by atoms with E-state index in [-0.39, 0.29) is 6.10 Å². The molecule has 7 nitrogen and oxygen atoms in total. The summed E-state index contributed by atoms with van der Waals surface area (Å²) in [6, 6.07) is 13.3. The van der Waals surface area contributed by atoms with Gasteiger partial charge in [-0.25, -0.2) is 4.68 Å². The zero-order chi connectivity index (χ0) is 22.5. The highest BCUT2D eigenvalue weighted by molar-refractivity contribution is 7.71. The van der Waals surface area contributed by atoms with E-state index < -0.39 is 0 Å². The summed E-state index contributed by atoms with van der Waals surface area (Å²) >= 11 is 11.7. The zero-order valence-electron chi connectivity index (χ0n) is 18.2. The molecule has 170 valence electrons. The van der Waals surface area contributed by atoms with E-state index >= 15 is 0 Å². The van der Waals surface area contributed by atoms with Gasteiger partial charge in [0, 0.05) is 18.1 Å². The minimum Gasteiger partial charge on any atom is -0.496 e. The summed E-state index contributed by atoms with van der Waals surface area (Å²) in [5, 5.41) is 3.91. The number of H-pyrrole nitrogens is 1. The van der Waals surface area contributed by atoms with Gasteiger partial charge in [0.25, 0.3) is 0 Å². The van der Waals surface area contributed by atoms with Crippen molar-refractivity contribution in [1.29, 1.82) is 0 Å². The number of hydrogen-bond acceptors (Lipinski definition) is 6. The van der Waals surface area contributed by atoms with Crippen LogP contribution in [0.4, 0.5) is 0 Å². The maximum Gasteiger partial charge on any atom is 0.217 e. The fourth-order valence-corrected chi connectivity index (χ4v) is 4.18. The summed E-state index contributed by atoms with van der Waals surface area (Å²) in [4.78, 5) is 6.85. The Morgan fingerprint density at radius 1 is 1.12 bits per heavy atom. The smallest absolute Gasteiger partial charge is 0.217 e. The fraction of sp³-hybridized carbons (Fsp3) is 0.391. The van der Waals surface area contributed by atoms with Crippen molar-refractivity contribution in [3.05, 3.63) is 52.3 Å². The maximum absolute atomic E-state index is 6.23. The molecule has 3 aromatic rings. The van der Waals surface area contributed by atoms with Gasteiger partial charge in [0.05, 0.1) is 25.9 Å². The number of rotatable bonds is 8. The minimum atomic E-state index is 0.161. The number of aromatic nitrogens is 3. The summed E-state index contributed by atoms with van der Waals surface area (Å²) < 4.78 is 19.7. The molecule has 0 radical (unpaired) electrons. The number of benzene rings is 2. The third-order valence-electron chi connectivity index (χ3n) is 5.41. The molecular formula is C23H27ClN4O3S. The van der Waals surface area contributed by atoms with Gasteiger partial charge in [-0.1, -0.05) is 23.7 Å². The van der Waals surface area contributed by atoms with Crippen molar-refractivity contribution in [3.8, 4) is 28.6 Å². The van der Waals surface area contributed by atoms with Crippen LogP contribution in [0.3, 0.4) is 0 Å². The molecule has 1 fully saturated rings. The lowest BCUT2D eigenvalue weighted by Crippen LogP contribution is -2.39. The number of methoxy groups -OCH3 is 1. The van der Waals surface area contributed by atoms with Crippen molar-refractivity contribution in [2.45, 2.75) is 32.5 Å². The molecule has 1 saturated heterocycles. The summed E-state index contributed by atoms with van der Waals surface area (Å²) in [5.74, 6) is 2.93. The van der Waals surface area contributed by atoms with Crippen LogP contribution >= 0.6 is 23.8 Å². The highest BCUT2D eigenvalue weighted by Gasteiger charge is 2.22. The van der Waals surface area contributed by atoms with Crippen LogP contribution in [0.2, 0.25) is 5.02 Å². The molecule has 1 aliphatic heterocycles. The van der Waals surface area contributed by atoms with Crippen molar-refractivity contribution in [2.24, 2.45) is 0 Å². The van der Waals surface area contributed by atoms with E-state index in [0.717, 1.165) is 43.0 Å². The molecule has 2 heterocycles. The second kappa shape index (κ2) is 10.4. The van der Waals surface area contributed by atoms with E-state index in [2.05, 4.69) is 15.0 Å². The summed E-state index contributed by atoms with van der Waals surface area (Å²) in [5.41, 5.74) is 0.782. The number of nitrogens with one attached hydrogen (secondary N) is 1. The van der Waals surface area contributed by atoms with E-state index in [1.807, 2.05) is 48.0 Å². The Morgan fingerprint density at radius 3 is 2.59 bits per heavy atom. The van der Waals surface area contributed by atoms with E-state index in [4.69, 9.17) is 38.0 Å². The zero-order valence-corrected chi connectivity index (χ0v) is 19.8. The molecule has 0 aliphatic carbocycles. The Kier molecular flexibility index (Phi) is 7.34. The molecule has 4 rings (SSSR count). The molecule has 1 N–H and O–H groups in total. The van der Waals surface area contributed by atoms with Crippen LogP contribution in [0.5, 0.6) is 17.2 Å². The van der Waals surface area contributed by atoms with E-state index in [9.17, 15) is 0 Å². The van der Waals surface area contributed by atoms with Crippen LogP contribution in [0.25, 0.3) is 11.4 Å². The first-order chi connectivity index (χ1) is 15.6. The average molecular weight is 475 g/mol. The molecule has 0 bridgehead atoms. The monoisotopic (exact) mass is 474 g/mol.